The van der Waals surface area contributed by atoms with Crippen LogP contribution in [-0.4, -0.2) is 66.3 Å². The Hall–Kier alpha value is -3.41. The molecule has 1 atom stereocenters. The third-order valence-corrected chi connectivity index (χ3v) is 5.97. The summed E-state index contributed by atoms with van der Waals surface area (Å²) < 4.78 is 49.5. The van der Waals surface area contributed by atoms with Crippen LogP contribution in [-0.2, 0) is 17.5 Å². The zero-order chi connectivity index (χ0) is 26.3. The van der Waals surface area contributed by atoms with Crippen molar-refractivity contribution in [1.29, 1.82) is 0 Å². The maximum atomic E-state index is 12.9. The number of amides is 1. The summed E-state index contributed by atoms with van der Waals surface area (Å²) in [5, 5.41) is 12.9. The van der Waals surface area contributed by atoms with E-state index in [1.165, 1.54) is 18.3 Å². The molecule has 0 saturated carbocycles. The number of carbonyl (C=O) groups is 1. The SMILES string of the molecule is O=C(Nc1ccc(N2CCCN(C[C@H](O)COCc3ccco3)CC2)nc1)c1cccc(C(F)(F)F)c1. The van der Waals surface area contributed by atoms with Crippen LogP contribution in [0.3, 0.4) is 0 Å². The lowest BCUT2D eigenvalue weighted by atomic mass is 10.1. The van der Waals surface area contributed by atoms with Crippen molar-refractivity contribution in [3.63, 3.8) is 0 Å². The summed E-state index contributed by atoms with van der Waals surface area (Å²) in [6, 6.07) is 11.3. The molecule has 0 bridgehead atoms. The molecule has 3 aromatic rings. The number of nitrogens with zero attached hydrogens (tertiary/aromatic N) is 3. The molecule has 1 saturated heterocycles. The topological polar surface area (TPSA) is 91.1 Å². The number of aliphatic hydroxyl groups is 1. The van der Waals surface area contributed by atoms with Gasteiger partial charge in [-0.25, -0.2) is 4.98 Å². The Morgan fingerprint density at radius 3 is 2.73 bits per heavy atom. The van der Waals surface area contributed by atoms with Crippen LogP contribution < -0.4 is 10.2 Å². The highest BCUT2D eigenvalue weighted by Gasteiger charge is 2.31. The lowest BCUT2D eigenvalue weighted by Gasteiger charge is -2.24. The van der Waals surface area contributed by atoms with Gasteiger partial charge in [-0.15, -0.1) is 0 Å². The molecule has 1 fully saturated rings. The van der Waals surface area contributed by atoms with Gasteiger partial charge in [-0.05, 0) is 55.4 Å². The smallest absolute Gasteiger partial charge is 0.416 e. The van der Waals surface area contributed by atoms with Gasteiger partial charge in [0.2, 0.25) is 0 Å². The summed E-state index contributed by atoms with van der Waals surface area (Å²) in [4.78, 5) is 21.2. The van der Waals surface area contributed by atoms with Crippen molar-refractivity contribution in [2.45, 2.75) is 25.3 Å². The minimum Gasteiger partial charge on any atom is -0.467 e. The number of carbonyl (C=O) groups excluding carboxylic acids is 1. The molecule has 3 heterocycles. The molecule has 2 N–H and O–H groups in total. The van der Waals surface area contributed by atoms with Crippen LogP contribution in [0.25, 0.3) is 0 Å². The number of alkyl halides is 3. The number of rotatable bonds is 9. The molecule has 37 heavy (non-hydrogen) atoms. The van der Waals surface area contributed by atoms with Crippen molar-refractivity contribution in [3.05, 3.63) is 77.9 Å². The van der Waals surface area contributed by atoms with E-state index in [2.05, 4.69) is 20.1 Å². The summed E-state index contributed by atoms with van der Waals surface area (Å²) >= 11 is 0. The van der Waals surface area contributed by atoms with E-state index in [-0.39, 0.29) is 12.2 Å². The van der Waals surface area contributed by atoms with Crippen LogP contribution in [0.15, 0.2) is 65.4 Å². The highest BCUT2D eigenvalue weighted by Crippen LogP contribution is 2.29. The quantitative estimate of drug-likeness (QED) is 0.442. The van der Waals surface area contributed by atoms with Crippen LogP contribution >= 0.6 is 0 Å². The molecule has 1 aliphatic heterocycles. The van der Waals surface area contributed by atoms with Crippen molar-refractivity contribution < 1.29 is 32.2 Å². The average molecular weight is 519 g/mol. The molecule has 2 aromatic heterocycles. The number of hydrogen-bond acceptors (Lipinski definition) is 7. The van der Waals surface area contributed by atoms with E-state index in [1.807, 2.05) is 6.07 Å². The number of pyridine rings is 1. The number of nitrogens with one attached hydrogen (secondary N) is 1. The number of aromatic nitrogens is 1. The van der Waals surface area contributed by atoms with Crippen molar-refractivity contribution in [2.24, 2.45) is 0 Å². The molecular formula is C26H29F3N4O4. The molecule has 11 heteroatoms. The third kappa shape index (κ3) is 7.78. The second-order valence-electron chi connectivity index (χ2n) is 8.83. The van der Waals surface area contributed by atoms with Gasteiger partial charge < -0.3 is 24.5 Å². The van der Waals surface area contributed by atoms with Crippen molar-refractivity contribution in [2.75, 3.05) is 49.5 Å². The number of furan rings is 1. The summed E-state index contributed by atoms with van der Waals surface area (Å²) in [5.74, 6) is 0.811. The van der Waals surface area contributed by atoms with E-state index in [1.54, 1.807) is 24.5 Å². The van der Waals surface area contributed by atoms with Crippen molar-refractivity contribution >= 4 is 17.4 Å². The van der Waals surface area contributed by atoms with Gasteiger partial charge >= 0.3 is 6.18 Å². The molecule has 0 aliphatic carbocycles. The van der Waals surface area contributed by atoms with Gasteiger partial charge in [0.05, 0.1) is 36.4 Å². The van der Waals surface area contributed by atoms with Gasteiger partial charge in [0, 0.05) is 31.7 Å². The van der Waals surface area contributed by atoms with Gasteiger partial charge in [-0.1, -0.05) is 6.07 Å². The number of halogens is 3. The highest BCUT2D eigenvalue weighted by molar-refractivity contribution is 6.04. The Kier molecular flexibility index (Phi) is 8.80. The Balaban J connectivity index is 1.25. The fraction of sp³-hybridized carbons (Fsp3) is 0.385. The lowest BCUT2D eigenvalue weighted by Crippen LogP contribution is -2.37. The first-order chi connectivity index (χ1) is 17.8. The maximum absolute atomic E-state index is 12.9. The minimum atomic E-state index is -4.52. The number of benzene rings is 1. The average Bonchev–Trinajstić information content (AvgIpc) is 3.29. The summed E-state index contributed by atoms with van der Waals surface area (Å²) in [6.07, 6.45) is -1.18. The Morgan fingerprint density at radius 2 is 2.00 bits per heavy atom. The number of ether oxygens (including phenoxy) is 1. The van der Waals surface area contributed by atoms with Gasteiger partial charge in [0.1, 0.15) is 18.2 Å². The van der Waals surface area contributed by atoms with Crippen LogP contribution in [0.1, 0.15) is 28.1 Å². The molecule has 1 aliphatic rings. The molecule has 1 amide bonds. The minimum absolute atomic E-state index is 0.0833. The largest absolute Gasteiger partial charge is 0.467 e. The van der Waals surface area contributed by atoms with Gasteiger partial charge in [0.15, 0.2) is 0 Å². The van der Waals surface area contributed by atoms with Crippen molar-refractivity contribution in [3.8, 4) is 0 Å². The first-order valence-electron chi connectivity index (χ1n) is 12.0. The van der Waals surface area contributed by atoms with Crippen LogP contribution in [0.5, 0.6) is 0 Å². The molecule has 0 spiro atoms. The number of anilines is 2. The van der Waals surface area contributed by atoms with E-state index in [0.717, 1.165) is 44.0 Å². The first kappa shape index (κ1) is 26.6. The summed E-state index contributed by atoms with van der Waals surface area (Å²) in [5.41, 5.74) is -0.571. The standard InChI is InChI=1S/C26H29F3N4O4/c27-26(28,29)20-5-1-4-19(14-20)25(35)31-21-7-8-24(30-15-21)33-10-3-9-32(11-12-33)16-22(34)17-36-18-23-6-2-13-37-23/h1-2,4-8,13-15,22,34H,3,9-12,16-18H2,(H,31,35)/t22-/m0/s1. The van der Waals surface area contributed by atoms with Gasteiger partial charge in [-0.3, -0.25) is 9.69 Å². The zero-order valence-corrected chi connectivity index (χ0v) is 20.2. The summed E-state index contributed by atoms with van der Waals surface area (Å²) in [7, 11) is 0. The van der Waals surface area contributed by atoms with Gasteiger partial charge in [0.25, 0.3) is 5.91 Å². The number of β-amino-alcohol motifs (C(OH)–C–C–N with tert-alkyl or cyclic N) is 1. The fourth-order valence-corrected chi connectivity index (χ4v) is 4.11. The number of hydrogen-bond donors (Lipinski definition) is 2. The van der Waals surface area contributed by atoms with Crippen LogP contribution in [0.4, 0.5) is 24.7 Å². The van der Waals surface area contributed by atoms with E-state index in [9.17, 15) is 23.1 Å². The molecular weight excluding hydrogens is 489 g/mol. The zero-order valence-electron chi connectivity index (χ0n) is 20.2. The summed E-state index contributed by atoms with van der Waals surface area (Å²) in [6.45, 7) is 4.10. The predicted octanol–water partition coefficient (Wildman–Crippen LogP) is 4.04. The first-order valence-corrected chi connectivity index (χ1v) is 12.0. The fourth-order valence-electron chi connectivity index (χ4n) is 4.11. The van der Waals surface area contributed by atoms with Crippen molar-refractivity contribution in [1.82, 2.24) is 9.88 Å². The Bertz CT molecular complexity index is 1140. The van der Waals surface area contributed by atoms with E-state index in [4.69, 9.17) is 9.15 Å². The molecule has 8 nitrogen and oxygen atoms in total. The Morgan fingerprint density at radius 1 is 1.14 bits per heavy atom. The van der Waals surface area contributed by atoms with E-state index >= 15 is 0 Å². The molecule has 0 radical (unpaired) electrons. The van der Waals surface area contributed by atoms with Crippen LogP contribution in [0, 0.1) is 0 Å². The maximum Gasteiger partial charge on any atom is 0.416 e. The van der Waals surface area contributed by atoms with Crippen LogP contribution in [0.2, 0.25) is 0 Å². The lowest BCUT2D eigenvalue weighted by molar-refractivity contribution is -0.137. The Labute approximate surface area is 212 Å². The second kappa shape index (κ2) is 12.2. The highest BCUT2D eigenvalue weighted by atomic mass is 19.4. The third-order valence-electron chi connectivity index (χ3n) is 5.97. The molecule has 1 aromatic carbocycles. The number of aliphatic hydroxyl groups excluding tert-OH is 1. The van der Waals surface area contributed by atoms with E-state index in [0.29, 0.717) is 31.1 Å². The second-order valence-corrected chi connectivity index (χ2v) is 8.83. The predicted molar refractivity (Wildman–Crippen MR) is 131 cm³/mol. The van der Waals surface area contributed by atoms with E-state index < -0.39 is 23.8 Å². The molecule has 0 unspecified atom stereocenters. The molecule has 4 rings (SSSR count). The normalized spacial score (nSPS) is 15.8. The monoisotopic (exact) mass is 518 g/mol. The molecule has 198 valence electrons. The van der Waals surface area contributed by atoms with Gasteiger partial charge in [-0.2, -0.15) is 13.2 Å².